The van der Waals surface area contributed by atoms with Crippen LogP contribution in [0.3, 0.4) is 0 Å². The zero-order valence-electron chi connectivity index (χ0n) is 8.14. The number of hydrogen-bond acceptors (Lipinski definition) is 3. The molecule has 0 aromatic heterocycles. The Balaban J connectivity index is 0.000000561. The minimum Gasteiger partial charge on any atom is -0.316 e. The Morgan fingerprint density at radius 1 is 1.50 bits per heavy atom. The summed E-state index contributed by atoms with van der Waals surface area (Å²) in [7, 11) is 3.88. The van der Waals surface area contributed by atoms with Crippen LogP contribution in [0.25, 0.3) is 0 Å². The molecular weight excluding hydrogens is 283 g/mol. The molecule has 1 fully saturated rings. The van der Waals surface area contributed by atoms with E-state index in [0.717, 1.165) is 6.04 Å². The third-order valence-corrected chi connectivity index (χ3v) is 4.09. The van der Waals surface area contributed by atoms with Gasteiger partial charge in [-0.25, -0.2) is 4.31 Å². The van der Waals surface area contributed by atoms with Gasteiger partial charge >= 0.3 is 0 Å². The smallest absolute Gasteiger partial charge is 0.0251 e. The number of piperidine rings is 1. The fraction of sp³-hybridized carbons (Fsp3) is 1.00. The average Bonchev–Trinajstić information content (AvgIpc) is 2.21. The minimum atomic E-state index is 0.719. The first-order chi connectivity index (χ1) is 5.86. The summed E-state index contributed by atoms with van der Waals surface area (Å²) >= 11 is 2.35. The van der Waals surface area contributed by atoms with Gasteiger partial charge in [0.2, 0.25) is 0 Å². The number of nitrogens with zero attached hydrogens (tertiary/aromatic N) is 1. The SMILES string of the molecule is CC.CNC1CCCN(SI)C1. The monoisotopic (exact) mass is 302 g/mol. The minimum absolute atomic E-state index is 0.719. The van der Waals surface area contributed by atoms with Crippen LogP contribution in [-0.4, -0.2) is 30.5 Å². The van der Waals surface area contributed by atoms with Crippen LogP contribution in [0.2, 0.25) is 0 Å². The lowest BCUT2D eigenvalue weighted by atomic mass is 10.1. The van der Waals surface area contributed by atoms with Crippen molar-refractivity contribution < 1.29 is 0 Å². The van der Waals surface area contributed by atoms with E-state index < -0.39 is 0 Å². The van der Waals surface area contributed by atoms with E-state index in [2.05, 4.69) is 30.8 Å². The maximum Gasteiger partial charge on any atom is 0.0251 e. The van der Waals surface area contributed by atoms with Gasteiger partial charge in [0.05, 0.1) is 0 Å². The molecule has 1 rings (SSSR count). The van der Waals surface area contributed by atoms with Gasteiger partial charge in [-0.3, -0.25) is 0 Å². The Morgan fingerprint density at radius 2 is 2.17 bits per heavy atom. The van der Waals surface area contributed by atoms with E-state index in [-0.39, 0.29) is 0 Å². The Labute approximate surface area is 92.6 Å². The van der Waals surface area contributed by atoms with Crippen molar-refractivity contribution in [1.29, 1.82) is 0 Å². The van der Waals surface area contributed by atoms with Crippen LogP contribution in [0.4, 0.5) is 0 Å². The molecule has 1 unspecified atom stereocenters. The predicted molar refractivity (Wildman–Crippen MR) is 66.6 cm³/mol. The molecule has 0 aliphatic carbocycles. The first-order valence-electron chi connectivity index (χ1n) is 4.57. The average molecular weight is 302 g/mol. The van der Waals surface area contributed by atoms with Gasteiger partial charge in [-0.1, -0.05) is 13.8 Å². The van der Waals surface area contributed by atoms with Gasteiger partial charge in [0.15, 0.2) is 0 Å². The third kappa shape index (κ3) is 4.89. The number of likely N-dealkylation sites (N-methyl/N-ethyl adjacent to an activating group) is 1. The molecule has 1 N–H and O–H groups in total. The second-order valence-electron chi connectivity index (χ2n) is 2.58. The molecule has 1 saturated heterocycles. The lowest BCUT2D eigenvalue weighted by Crippen LogP contribution is -2.40. The van der Waals surface area contributed by atoms with Crippen LogP contribution in [-0.2, 0) is 0 Å². The van der Waals surface area contributed by atoms with Crippen molar-refractivity contribution in [1.82, 2.24) is 9.62 Å². The molecule has 74 valence electrons. The molecule has 0 saturated carbocycles. The topological polar surface area (TPSA) is 15.3 Å². The summed E-state index contributed by atoms with van der Waals surface area (Å²) in [5.74, 6) is 0. The first-order valence-corrected chi connectivity index (χ1v) is 7.89. The summed E-state index contributed by atoms with van der Waals surface area (Å²) in [4.78, 5) is 0. The Kier molecular flexibility index (Phi) is 9.31. The van der Waals surface area contributed by atoms with E-state index in [1.54, 1.807) is 0 Å². The normalized spacial score (nSPS) is 24.5. The number of nitrogens with one attached hydrogen (secondary N) is 1. The molecule has 2 nitrogen and oxygen atoms in total. The number of rotatable bonds is 2. The highest BCUT2D eigenvalue weighted by Crippen LogP contribution is 2.23. The van der Waals surface area contributed by atoms with Gasteiger partial charge in [0.1, 0.15) is 0 Å². The van der Waals surface area contributed by atoms with Crippen molar-refractivity contribution in [3.63, 3.8) is 0 Å². The molecule has 0 aromatic carbocycles. The second-order valence-corrected chi connectivity index (χ2v) is 4.42. The third-order valence-electron chi connectivity index (χ3n) is 1.89. The predicted octanol–water partition coefficient (Wildman–Crippen LogP) is 2.69. The summed E-state index contributed by atoms with van der Waals surface area (Å²) in [5.41, 5.74) is 0. The quantitative estimate of drug-likeness (QED) is 0.624. The highest BCUT2D eigenvalue weighted by atomic mass is 127. The van der Waals surface area contributed by atoms with Crippen molar-refractivity contribution in [2.45, 2.75) is 32.7 Å². The lowest BCUT2D eigenvalue weighted by Gasteiger charge is -2.29. The molecule has 1 atom stereocenters. The fourth-order valence-electron chi connectivity index (χ4n) is 1.24. The molecule has 1 heterocycles. The van der Waals surface area contributed by atoms with Gasteiger partial charge in [-0.15, -0.1) is 0 Å². The van der Waals surface area contributed by atoms with Crippen molar-refractivity contribution in [3.05, 3.63) is 0 Å². The van der Waals surface area contributed by atoms with Crippen molar-refractivity contribution >= 4 is 30.3 Å². The molecule has 1 aliphatic heterocycles. The van der Waals surface area contributed by atoms with Crippen molar-refractivity contribution in [2.24, 2.45) is 0 Å². The van der Waals surface area contributed by atoms with Gasteiger partial charge in [0.25, 0.3) is 0 Å². The lowest BCUT2D eigenvalue weighted by molar-refractivity contribution is 0.317. The highest BCUT2D eigenvalue weighted by Gasteiger charge is 2.17. The number of halogens is 1. The highest BCUT2D eigenvalue weighted by molar-refractivity contribution is 14.2. The van der Waals surface area contributed by atoms with Gasteiger partial charge in [0, 0.05) is 40.3 Å². The summed E-state index contributed by atoms with van der Waals surface area (Å²) in [6.45, 7) is 6.45. The molecule has 4 heteroatoms. The molecule has 0 amide bonds. The zero-order chi connectivity index (χ0) is 9.40. The summed E-state index contributed by atoms with van der Waals surface area (Å²) in [5, 5.41) is 3.31. The van der Waals surface area contributed by atoms with Crippen molar-refractivity contribution in [3.8, 4) is 0 Å². The summed E-state index contributed by atoms with van der Waals surface area (Å²) < 4.78 is 2.41. The van der Waals surface area contributed by atoms with Gasteiger partial charge < -0.3 is 5.32 Å². The molecule has 0 bridgehead atoms. The van der Waals surface area contributed by atoms with Crippen LogP contribution < -0.4 is 5.32 Å². The number of hydrogen-bond donors (Lipinski definition) is 1. The Bertz CT molecular complexity index is 93.1. The largest absolute Gasteiger partial charge is 0.316 e. The van der Waals surface area contributed by atoms with Gasteiger partial charge in [-0.05, 0) is 29.0 Å². The van der Waals surface area contributed by atoms with E-state index in [1.807, 2.05) is 30.0 Å². The first kappa shape index (κ1) is 13.0. The van der Waals surface area contributed by atoms with Crippen LogP contribution in [0.5, 0.6) is 0 Å². The standard InChI is InChI=1S/C6H13IN2S.C2H6/c1-8-6-3-2-4-9(5-6)10-7;1-2/h6,8H,2-5H2,1H3;1-2H3. The fourth-order valence-corrected chi connectivity index (χ4v) is 2.75. The Hall–Kier alpha value is 1.00. The van der Waals surface area contributed by atoms with Gasteiger partial charge in [-0.2, -0.15) is 0 Å². The van der Waals surface area contributed by atoms with E-state index in [0.29, 0.717) is 0 Å². The Morgan fingerprint density at radius 3 is 2.67 bits per heavy atom. The van der Waals surface area contributed by atoms with E-state index in [1.165, 1.54) is 25.9 Å². The summed E-state index contributed by atoms with van der Waals surface area (Å²) in [6, 6.07) is 0.719. The molecule has 0 radical (unpaired) electrons. The molecule has 12 heavy (non-hydrogen) atoms. The maximum absolute atomic E-state index is 3.31. The van der Waals surface area contributed by atoms with E-state index in [4.69, 9.17) is 0 Å². The molecule has 0 spiro atoms. The van der Waals surface area contributed by atoms with Crippen LogP contribution in [0.1, 0.15) is 26.7 Å². The summed E-state index contributed by atoms with van der Waals surface area (Å²) in [6.07, 6.45) is 2.67. The molecule has 1 aliphatic rings. The second kappa shape index (κ2) is 8.59. The van der Waals surface area contributed by atoms with E-state index >= 15 is 0 Å². The van der Waals surface area contributed by atoms with E-state index in [9.17, 15) is 0 Å². The van der Waals surface area contributed by atoms with Crippen LogP contribution >= 0.6 is 30.3 Å². The zero-order valence-corrected chi connectivity index (χ0v) is 11.1. The molecule has 0 aromatic rings. The van der Waals surface area contributed by atoms with Crippen molar-refractivity contribution in [2.75, 3.05) is 20.1 Å². The van der Waals surface area contributed by atoms with Crippen LogP contribution in [0.15, 0.2) is 0 Å². The maximum atomic E-state index is 3.31. The molecular formula is C8H19IN2S. The van der Waals surface area contributed by atoms with Crippen LogP contribution in [0, 0.1) is 0 Å².